The number of fused-ring (bicyclic) bond motifs is 1. The molecule has 1 heterocycles. The summed E-state index contributed by atoms with van der Waals surface area (Å²) in [6, 6.07) is 9.13. The van der Waals surface area contributed by atoms with Crippen LogP contribution in [0.4, 0.5) is 0 Å². The number of amides is 2. The van der Waals surface area contributed by atoms with Crippen LogP contribution in [0, 0.1) is 26.2 Å². The second kappa shape index (κ2) is 8.38. The van der Waals surface area contributed by atoms with Crippen molar-refractivity contribution in [3.05, 3.63) is 58.1 Å². The lowest BCUT2D eigenvalue weighted by molar-refractivity contribution is 0.0508. The number of nitrogens with one attached hydrogen (secondary N) is 1. The Morgan fingerprint density at radius 3 is 2.27 bits per heavy atom. The van der Waals surface area contributed by atoms with Crippen LogP contribution in [0.5, 0.6) is 11.5 Å². The lowest BCUT2D eigenvalue weighted by atomic mass is 9.96. The maximum Gasteiger partial charge on any atom is 0.272 e. The van der Waals surface area contributed by atoms with Crippen molar-refractivity contribution >= 4 is 11.8 Å². The van der Waals surface area contributed by atoms with E-state index >= 15 is 0 Å². The number of rotatable bonds is 3. The topological polar surface area (TPSA) is 67.9 Å². The molecule has 0 saturated heterocycles. The molecule has 0 bridgehead atoms. The van der Waals surface area contributed by atoms with Gasteiger partial charge in [0.2, 0.25) is 0 Å². The van der Waals surface area contributed by atoms with Crippen LogP contribution in [0.25, 0.3) is 0 Å². The van der Waals surface area contributed by atoms with Crippen LogP contribution in [-0.2, 0) is 0 Å². The highest BCUT2D eigenvalue weighted by atomic mass is 16.6. The minimum atomic E-state index is -0.355. The van der Waals surface area contributed by atoms with Gasteiger partial charge in [-0.25, -0.2) is 5.01 Å². The molecule has 30 heavy (non-hydrogen) atoms. The number of nitrogens with zero attached hydrogens (tertiary/aromatic N) is 1. The number of carbonyl (C=O) groups excluding carboxylic acids is 2. The maximum atomic E-state index is 13.3. The number of hydrogen-bond donors (Lipinski definition) is 1. The predicted octanol–water partition coefficient (Wildman–Crippen LogP) is 4.22. The van der Waals surface area contributed by atoms with Gasteiger partial charge in [0.25, 0.3) is 11.8 Å². The highest BCUT2D eigenvalue weighted by molar-refractivity contribution is 6.00. The van der Waals surface area contributed by atoms with Crippen molar-refractivity contribution in [3.63, 3.8) is 0 Å². The highest BCUT2D eigenvalue weighted by Crippen LogP contribution is 2.35. The Balaban J connectivity index is 1.90. The third-order valence-electron chi connectivity index (χ3n) is 4.78. The molecule has 0 fully saturated rings. The van der Waals surface area contributed by atoms with E-state index in [-0.39, 0.29) is 17.2 Å². The number of hydrazine groups is 1. The van der Waals surface area contributed by atoms with Gasteiger partial charge < -0.3 is 9.47 Å². The Labute approximate surface area is 178 Å². The molecule has 2 aromatic rings. The van der Waals surface area contributed by atoms with Gasteiger partial charge in [0.1, 0.15) is 13.2 Å². The van der Waals surface area contributed by atoms with Crippen molar-refractivity contribution < 1.29 is 19.1 Å². The monoisotopic (exact) mass is 410 g/mol. The summed E-state index contributed by atoms with van der Waals surface area (Å²) in [7, 11) is 0. The molecular formula is C24H30N2O4. The Hall–Kier alpha value is -3.02. The van der Waals surface area contributed by atoms with Crippen molar-refractivity contribution in [3.8, 4) is 11.5 Å². The molecule has 0 radical (unpaired) electrons. The van der Waals surface area contributed by atoms with Gasteiger partial charge in [-0.2, -0.15) is 0 Å². The SMILES string of the molecule is Cc1cc(C)cc(C(=O)N(CC(C)(C)C)NC(=O)c2ccc3c(c2C)OCCO3)c1. The molecule has 0 spiro atoms. The van der Waals surface area contributed by atoms with Gasteiger partial charge in [-0.15, -0.1) is 0 Å². The van der Waals surface area contributed by atoms with Crippen molar-refractivity contribution in [2.75, 3.05) is 19.8 Å². The normalized spacial score (nSPS) is 13.0. The first kappa shape index (κ1) is 21.7. The zero-order valence-corrected chi connectivity index (χ0v) is 18.6. The van der Waals surface area contributed by atoms with E-state index < -0.39 is 0 Å². The summed E-state index contributed by atoms with van der Waals surface area (Å²) < 4.78 is 11.3. The predicted molar refractivity (Wildman–Crippen MR) is 116 cm³/mol. The summed E-state index contributed by atoms with van der Waals surface area (Å²) >= 11 is 0. The Morgan fingerprint density at radius 1 is 1.00 bits per heavy atom. The van der Waals surface area contributed by atoms with Crippen LogP contribution >= 0.6 is 0 Å². The Bertz CT molecular complexity index is 956. The van der Waals surface area contributed by atoms with E-state index in [0.717, 1.165) is 11.1 Å². The van der Waals surface area contributed by atoms with E-state index in [0.29, 0.717) is 47.9 Å². The molecular weight excluding hydrogens is 380 g/mol. The molecule has 6 nitrogen and oxygen atoms in total. The van der Waals surface area contributed by atoms with E-state index in [4.69, 9.17) is 9.47 Å². The van der Waals surface area contributed by atoms with Crippen LogP contribution in [0.15, 0.2) is 30.3 Å². The Morgan fingerprint density at radius 2 is 1.63 bits per heavy atom. The van der Waals surface area contributed by atoms with E-state index in [1.54, 1.807) is 12.1 Å². The fourth-order valence-electron chi connectivity index (χ4n) is 3.57. The summed E-state index contributed by atoms with van der Waals surface area (Å²) in [5.41, 5.74) is 6.32. The zero-order chi connectivity index (χ0) is 22.1. The molecule has 2 aromatic carbocycles. The minimum absolute atomic E-state index is 0.205. The lowest BCUT2D eigenvalue weighted by Crippen LogP contribution is -2.49. The second-order valence-electron chi connectivity index (χ2n) is 9.03. The number of ether oxygens (including phenoxy) is 2. The quantitative estimate of drug-likeness (QED) is 0.770. The highest BCUT2D eigenvalue weighted by Gasteiger charge is 2.26. The van der Waals surface area contributed by atoms with Gasteiger partial charge in [-0.3, -0.25) is 15.0 Å². The first-order valence-corrected chi connectivity index (χ1v) is 10.2. The molecule has 1 N–H and O–H groups in total. The molecule has 1 aliphatic rings. The van der Waals surface area contributed by atoms with Gasteiger partial charge in [-0.05, 0) is 50.5 Å². The number of aryl methyl sites for hydroxylation is 2. The second-order valence-corrected chi connectivity index (χ2v) is 9.03. The summed E-state index contributed by atoms with van der Waals surface area (Å²) in [6.45, 7) is 13.1. The van der Waals surface area contributed by atoms with Gasteiger partial charge in [0, 0.05) is 23.2 Å². The van der Waals surface area contributed by atoms with Crippen molar-refractivity contribution in [2.45, 2.75) is 41.5 Å². The third kappa shape index (κ3) is 4.93. The maximum absolute atomic E-state index is 13.3. The van der Waals surface area contributed by atoms with E-state index in [9.17, 15) is 9.59 Å². The average molecular weight is 411 g/mol. The van der Waals surface area contributed by atoms with Crippen LogP contribution in [-0.4, -0.2) is 36.6 Å². The molecule has 160 valence electrons. The van der Waals surface area contributed by atoms with Crippen molar-refractivity contribution in [1.29, 1.82) is 0 Å². The molecule has 1 aliphatic heterocycles. The van der Waals surface area contributed by atoms with Crippen LogP contribution < -0.4 is 14.9 Å². The molecule has 0 saturated carbocycles. The summed E-state index contributed by atoms with van der Waals surface area (Å²) in [5.74, 6) is 0.622. The van der Waals surface area contributed by atoms with Crippen LogP contribution in [0.3, 0.4) is 0 Å². The van der Waals surface area contributed by atoms with Crippen molar-refractivity contribution in [1.82, 2.24) is 10.4 Å². The van der Waals surface area contributed by atoms with E-state index in [1.807, 2.05) is 59.7 Å². The number of benzene rings is 2. The molecule has 3 rings (SSSR count). The summed E-state index contributed by atoms with van der Waals surface area (Å²) in [4.78, 5) is 26.4. The number of carbonyl (C=O) groups is 2. The van der Waals surface area contributed by atoms with Gasteiger partial charge in [-0.1, -0.05) is 38.0 Å². The lowest BCUT2D eigenvalue weighted by Gasteiger charge is -2.31. The molecule has 0 unspecified atom stereocenters. The summed E-state index contributed by atoms with van der Waals surface area (Å²) in [6.07, 6.45) is 0. The standard InChI is InChI=1S/C24H30N2O4/c1-15-11-16(2)13-18(12-15)23(28)26(14-24(4,5)6)25-22(27)19-7-8-20-21(17(19)3)30-10-9-29-20/h7-8,11-13H,9-10,14H2,1-6H3,(H,25,27). The smallest absolute Gasteiger partial charge is 0.272 e. The van der Waals surface area contributed by atoms with Gasteiger partial charge in [0.05, 0.1) is 0 Å². The van der Waals surface area contributed by atoms with Gasteiger partial charge >= 0.3 is 0 Å². The van der Waals surface area contributed by atoms with E-state index in [2.05, 4.69) is 5.43 Å². The van der Waals surface area contributed by atoms with Crippen LogP contribution in [0.2, 0.25) is 0 Å². The third-order valence-corrected chi connectivity index (χ3v) is 4.78. The zero-order valence-electron chi connectivity index (χ0n) is 18.6. The number of hydrogen-bond acceptors (Lipinski definition) is 4. The Kier molecular flexibility index (Phi) is 6.06. The average Bonchev–Trinajstić information content (AvgIpc) is 2.65. The first-order valence-electron chi connectivity index (χ1n) is 10.2. The van der Waals surface area contributed by atoms with E-state index in [1.165, 1.54) is 5.01 Å². The first-order chi connectivity index (χ1) is 14.0. The fourth-order valence-corrected chi connectivity index (χ4v) is 3.57. The molecule has 0 aromatic heterocycles. The molecule has 6 heteroatoms. The fraction of sp³-hybridized carbons (Fsp3) is 0.417. The molecule has 0 aliphatic carbocycles. The largest absolute Gasteiger partial charge is 0.486 e. The van der Waals surface area contributed by atoms with Crippen LogP contribution in [0.1, 0.15) is 58.2 Å². The summed E-state index contributed by atoms with van der Waals surface area (Å²) in [5, 5.41) is 1.41. The molecule has 0 atom stereocenters. The van der Waals surface area contributed by atoms with Gasteiger partial charge in [0.15, 0.2) is 11.5 Å². The molecule has 2 amide bonds. The minimum Gasteiger partial charge on any atom is -0.486 e. The van der Waals surface area contributed by atoms with Crippen molar-refractivity contribution in [2.24, 2.45) is 5.41 Å².